The Morgan fingerprint density at radius 1 is 0.633 bits per heavy atom. The van der Waals surface area contributed by atoms with E-state index in [4.69, 9.17) is 35.2 Å². The van der Waals surface area contributed by atoms with Gasteiger partial charge >= 0.3 is 0 Å². The molecule has 0 atom stereocenters. The van der Waals surface area contributed by atoms with E-state index in [9.17, 15) is 0 Å². The Morgan fingerprint density at radius 3 is 1.43 bits per heavy atom. The molecule has 0 aromatic heterocycles. The molecule has 0 aliphatic carbocycles. The Bertz CT molecular complexity index is 1160. The fourth-order valence-electron chi connectivity index (χ4n) is 4.21. The lowest BCUT2D eigenvalue weighted by atomic mass is 9.77. The Balaban J connectivity index is 1.89. The molecule has 3 aliphatic heterocycles. The maximum atomic E-state index is 4.98. The molecule has 0 fully saturated rings. The molecule has 5 rings (SSSR count). The Hall–Kier alpha value is -2.44. The molecule has 0 spiro atoms. The molecule has 0 radical (unpaired) electrons. The van der Waals surface area contributed by atoms with Gasteiger partial charge in [0.25, 0.3) is 0 Å². The van der Waals surface area contributed by atoms with Crippen LogP contribution in [-0.2, 0) is 10.8 Å². The second kappa shape index (κ2) is 6.53. The molecule has 2 aromatic rings. The molecule has 0 amide bonds. The highest BCUT2D eigenvalue weighted by molar-refractivity contribution is 7.81. The summed E-state index contributed by atoms with van der Waals surface area (Å²) in [5.41, 5.74) is 5.26. The maximum absolute atomic E-state index is 4.98. The number of rotatable bonds is 0. The van der Waals surface area contributed by atoms with Crippen molar-refractivity contribution in [3.63, 3.8) is 0 Å². The van der Waals surface area contributed by atoms with Crippen LogP contribution in [0.25, 0.3) is 11.1 Å². The number of hydrogen-bond donors (Lipinski definition) is 2. The van der Waals surface area contributed by atoms with Gasteiger partial charge < -0.3 is 0 Å². The molecular formula is C24H22N4S2. The van der Waals surface area contributed by atoms with E-state index in [0.717, 1.165) is 43.5 Å². The molecule has 6 heteroatoms. The first kappa shape index (κ1) is 19.5. The number of aliphatic imine (C=N–C) groups is 4. The largest absolute Gasteiger partial charge is 0.232 e. The van der Waals surface area contributed by atoms with Gasteiger partial charge in [-0.25, -0.2) is 20.0 Å². The van der Waals surface area contributed by atoms with E-state index in [2.05, 4.69) is 74.1 Å². The molecule has 30 heavy (non-hydrogen) atoms. The number of hydrogen-bond acceptors (Lipinski definition) is 6. The van der Waals surface area contributed by atoms with Crippen molar-refractivity contribution in [2.24, 2.45) is 20.0 Å². The molecule has 0 saturated heterocycles. The van der Waals surface area contributed by atoms with E-state index in [0.29, 0.717) is 11.6 Å². The van der Waals surface area contributed by atoms with Gasteiger partial charge in [0, 0.05) is 20.6 Å². The zero-order valence-corrected chi connectivity index (χ0v) is 19.1. The van der Waals surface area contributed by atoms with Crippen molar-refractivity contribution in [3.05, 3.63) is 59.2 Å². The van der Waals surface area contributed by atoms with E-state index < -0.39 is 0 Å². The van der Waals surface area contributed by atoms with E-state index in [1.165, 1.54) is 0 Å². The van der Waals surface area contributed by atoms with Gasteiger partial charge in [-0.1, -0.05) is 64.1 Å². The summed E-state index contributed by atoms with van der Waals surface area (Å²) in [7, 11) is 0. The number of benzene rings is 2. The van der Waals surface area contributed by atoms with Crippen LogP contribution in [0.2, 0.25) is 0 Å². The fraction of sp³-hybridized carbons (Fsp3) is 0.250. The standard InChI is InChI=1S/C24H22N4S2/c1-23(2)15-9-5-7-13(19(15)29)14-8-6-10-16(20(14)30)24(3,4)18-12-26-22(28-18)21-25-11-17(23)27-21/h5-12,29-30H,1-4H3/b22-21-. The predicted molar refractivity (Wildman–Crippen MR) is 131 cm³/mol. The van der Waals surface area contributed by atoms with Crippen LogP contribution in [0.1, 0.15) is 38.8 Å². The smallest absolute Gasteiger partial charge is 0.198 e. The Kier molecular flexibility index (Phi) is 4.25. The van der Waals surface area contributed by atoms with Crippen LogP contribution < -0.4 is 0 Å². The summed E-state index contributed by atoms with van der Waals surface area (Å²) >= 11 is 9.95. The molecule has 8 bridgehead atoms. The van der Waals surface area contributed by atoms with Crippen LogP contribution in [0.15, 0.2) is 77.8 Å². The van der Waals surface area contributed by atoms with E-state index >= 15 is 0 Å². The fourth-order valence-corrected chi connectivity index (χ4v) is 5.31. The summed E-state index contributed by atoms with van der Waals surface area (Å²) in [5, 5.41) is 0. The monoisotopic (exact) mass is 430 g/mol. The van der Waals surface area contributed by atoms with Crippen molar-refractivity contribution in [1.82, 2.24) is 0 Å². The minimum atomic E-state index is -0.383. The van der Waals surface area contributed by atoms with Gasteiger partial charge in [-0.3, -0.25) is 0 Å². The molecule has 150 valence electrons. The normalized spacial score (nSPS) is 22.6. The van der Waals surface area contributed by atoms with Gasteiger partial charge in [-0.05, 0) is 22.3 Å². The minimum absolute atomic E-state index is 0.383. The van der Waals surface area contributed by atoms with Crippen molar-refractivity contribution in [2.45, 2.75) is 48.3 Å². The highest BCUT2D eigenvalue weighted by Gasteiger charge is 2.35. The zero-order chi connectivity index (χ0) is 21.3. The molecule has 0 N–H and O–H groups in total. The average Bonchev–Trinajstić information content (AvgIpc) is 3.38. The highest BCUT2D eigenvalue weighted by Crippen LogP contribution is 2.43. The van der Waals surface area contributed by atoms with Crippen LogP contribution in [0, 0.1) is 0 Å². The van der Waals surface area contributed by atoms with Crippen LogP contribution in [-0.4, -0.2) is 23.9 Å². The summed E-state index contributed by atoms with van der Waals surface area (Å²) < 4.78 is 0. The van der Waals surface area contributed by atoms with Crippen molar-refractivity contribution in [1.29, 1.82) is 0 Å². The summed E-state index contributed by atoms with van der Waals surface area (Å²) in [4.78, 5) is 20.5. The maximum Gasteiger partial charge on any atom is 0.198 e. The summed E-state index contributed by atoms with van der Waals surface area (Å²) in [6.07, 6.45) is 3.64. The first-order valence-electron chi connectivity index (χ1n) is 9.87. The molecule has 3 heterocycles. The zero-order valence-electron chi connectivity index (χ0n) is 17.3. The summed E-state index contributed by atoms with van der Waals surface area (Å²) in [5.74, 6) is 1.10. The van der Waals surface area contributed by atoms with Crippen LogP contribution in [0.5, 0.6) is 0 Å². The highest BCUT2D eigenvalue weighted by atomic mass is 32.1. The summed E-state index contributed by atoms with van der Waals surface area (Å²) in [6.45, 7) is 8.57. The van der Waals surface area contributed by atoms with Crippen LogP contribution in [0.4, 0.5) is 0 Å². The lowest BCUT2D eigenvalue weighted by molar-refractivity contribution is 0.706. The van der Waals surface area contributed by atoms with E-state index in [-0.39, 0.29) is 10.8 Å². The Labute approximate surface area is 187 Å². The van der Waals surface area contributed by atoms with Crippen molar-refractivity contribution >= 4 is 49.1 Å². The number of thiol groups is 2. The third-order valence-corrected chi connectivity index (χ3v) is 7.22. The van der Waals surface area contributed by atoms with Crippen molar-refractivity contribution in [3.8, 4) is 11.1 Å². The first-order chi connectivity index (χ1) is 14.2. The average molecular weight is 431 g/mol. The van der Waals surface area contributed by atoms with Gasteiger partial charge in [0.15, 0.2) is 11.6 Å². The lowest BCUT2D eigenvalue weighted by Crippen LogP contribution is -2.30. The lowest BCUT2D eigenvalue weighted by Gasteiger charge is -2.29. The number of fused-ring (bicyclic) bond motifs is 7. The van der Waals surface area contributed by atoms with Gasteiger partial charge in [-0.15, -0.1) is 25.3 Å². The van der Waals surface area contributed by atoms with E-state index in [1.54, 1.807) is 0 Å². The Morgan fingerprint density at radius 2 is 1.03 bits per heavy atom. The third kappa shape index (κ3) is 2.70. The van der Waals surface area contributed by atoms with E-state index in [1.807, 2.05) is 12.4 Å². The second-order valence-corrected chi connectivity index (χ2v) is 9.71. The molecule has 2 aromatic carbocycles. The quantitative estimate of drug-likeness (QED) is 0.506. The van der Waals surface area contributed by atoms with Crippen LogP contribution >= 0.6 is 25.3 Å². The van der Waals surface area contributed by atoms with Crippen molar-refractivity contribution < 1.29 is 0 Å². The van der Waals surface area contributed by atoms with Gasteiger partial charge in [0.1, 0.15) is 0 Å². The molecule has 4 nitrogen and oxygen atoms in total. The predicted octanol–water partition coefficient (Wildman–Crippen LogP) is 5.68. The van der Waals surface area contributed by atoms with Crippen molar-refractivity contribution in [2.75, 3.05) is 0 Å². The summed E-state index contributed by atoms with van der Waals surface area (Å²) in [6, 6.07) is 12.6. The van der Waals surface area contributed by atoms with Gasteiger partial charge in [0.2, 0.25) is 0 Å². The molecule has 0 unspecified atom stereocenters. The van der Waals surface area contributed by atoms with Crippen LogP contribution in [0.3, 0.4) is 0 Å². The topological polar surface area (TPSA) is 49.4 Å². The molecule has 3 aliphatic rings. The molecule has 0 saturated carbocycles. The minimum Gasteiger partial charge on any atom is -0.232 e. The second-order valence-electron chi connectivity index (χ2n) is 8.81. The SMILES string of the molecule is CC1(C)C2=N/C(=C3/N=CC(=N3)C(C)(C)c3cccc(c3S)-c3cccc1c3S)N=C2. The third-order valence-electron chi connectivity index (χ3n) is 6.26. The van der Waals surface area contributed by atoms with Gasteiger partial charge in [-0.2, -0.15) is 0 Å². The molecular weight excluding hydrogens is 408 g/mol. The number of nitrogens with zero attached hydrogens (tertiary/aromatic N) is 4. The van der Waals surface area contributed by atoms with Gasteiger partial charge in [0.05, 0.1) is 23.9 Å². The first-order valence-corrected chi connectivity index (χ1v) is 10.8.